The number of nitro benzene ring substituents is 1. The maximum atomic E-state index is 12.0. The highest BCUT2D eigenvalue weighted by Crippen LogP contribution is 2.18. The summed E-state index contributed by atoms with van der Waals surface area (Å²) in [5.41, 5.74) is 0.168. The summed E-state index contributed by atoms with van der Waals surface area (Å²) in [4.78, 5) is 29.0. The molecule has 1 N–H and O–H groups in total. The summed E-state index contributed by atoms with van der Waals surface area (Å²) in [6.45, 7) is 0.0233. The van der Waals surface area contributed by atoms with Gasteiger partial charge in [0.2, 0.25) is 0 Å². The highest BCUT2D eigenvalue weighted by atomic mass is 35.5. The van der Waals surface area contributed by atoms with Crippen molar-refractivity contribution >= 4 is 28.2 Å². The number of nitrogens with one attached hydrogen (secondary N) is 1. The second kappa shape index (κ2) is 6.05. The molecule has 0 unspecified atom stereocenters. The van der Waals surface area contributed by atoms with Gasteiger partial charge >= 0.3 is 0 Å². The van der Waals surface area contributed by atoms with E-state index < -0.39 is 4.92 Å². The molecule has 0 fully saturated rings. The van der Waals surface area contributed by atoms with Crippen LogP contribution in [0.25, 0.3) is 10.9 Å². The van der Waals surface area contributed by atoms with E-state index in [9.17, 15) is 14.9 Å². The molecule has 1 aromatic heterocycles. The third kappa shape index (κ3) is 3.29. The molecule has 116 valence electrons. The van der Waals surface area contributed by atoms with Crippen LogP contribution in [0.4, 0.5) is 5.69 Å². The molecule has 0 aliphatic rings. The van der Waals surface area contributed by atoms with E-state index in [1.165, 1.54) is 24.3 Å². The molecular weight excluding hydrogens is 322 g/mol. The molecule has 0 aliphatic heterocycles. The van der Waals surface area contributed by atoms with Crippen LogP contribution in [-0.4, -0.2) is 14.9 Å². The van der Waals surface area contributed by atoms with Crippen LogP contribution in [0, 0.1) is 10.1 Å². The number of non-ortho nitro benzene ring substituents is 1. The second-order valence-corrected chi connectivity index (χ2v) is 5.15. The van der Waals surface area contributed by atoms with Gasteiger partial charge in [0, 0.05) is 17.2 Å². The zero-order valence-corrected chi connectivity index (χ0v) is 12.4. The Kier molecular flexibility index (Phi) is 3.94. The van der Waals surface area contributed by atoms with Crippen molar-refractivity contribution in [3.63, 3.8) is 0 Å². The molecule has 1 heterocycles. The number of rotatable bonds is 4. The van der Waals surface area contributed by atoms with E-state index in [0.29, 0.717) is 27.5 Å². The first-order chi connectivity index (χ1) is 11.0. The van der Waals surface area contributed by atoms with E-state index >= 15 is 0 Å². The van der Waals surface area contributed by atoms with Gasteiger partial charge in [0.05, 0.1) is 15.8 Å². The number of benzene rings is 2. The van der Waals surface area contributed by atoms with Gasteiger partial charge < -0.3 is 9.72 Å². The molecule has 0 spiro atoms. The molecule has 0 amide bonds. The molecule has 23 heavy (non-hydrogen) atoms. The quantitative estimate of drug-likeness (QED) is 0.585. The van der Waals surface area contributed by atoms with Crippen molar-refractivity contribution in [2.24, 2.45) is 0 Å². The van der Waals surface area contributed by atoms with Crippen LogP contribution in [0.2, 0.25) is 5.02 Å². The molecule has 0 saturated carbocycles. The monoisotopic (exact) mass is 331 g/mol. The van der Waals surface area contributed by atoms with E-state index in [1.54, 1.807) is 18.2 Å². The normalized spacial score (nSPS) is 10.7. The van der Waals surface area contributed by atoms with Crippen molar-refractivity contribution in [3.05, 3.63) is 73.8 Å². The van der Waals surface area contributed by atoms with E-state index in [1.807, 2.05) is 0 Å². The summed E-state index contributed by atoms with van der Waals surface area (Å²) in [5, 5.41) is 11.5. The Morgan fingerprint density at radius 2 is 1.96 bits per heavy atom. The predicted octanol–water partition coefficient (Wildman–Crippen LogP) is 3.06. The lowest BCUT2D eigenvalue weighted by Gasteiger charge is -2.06. The molecule has 0 bridgehead atoms. The minimum Gasteiger partial charge on any atom is -0.486 e. The number of halogens is 1. The van der Waals surface area contributed by atoms with Crippen LogP contribution in [0.1, 0.15) is 5.82 Å². The smallest absolute Gasteiger partial charge is 0.269 e. The van der Waals surface area contributed by atoms with Gasteiger partial charge in [-0.05, 0) is 30.3 Å². The number of H-pyrrole nitrogens is 1. The van der Waals surface area contributed by atoms with E-state index in [2.05, 4.69) is 9.97 Å². The van der Waals surface area contributed by atoms with Crippen LogP contribution in [0.15, 0.2) is 47.3 Å². The summed E-state index contributed by atoms with van der Waals surface area (Å²) >= 11 is 5.90. The summed E-state index contributed by atoms with van der Waals surface area (Å²) < 4.78 is 5.47. The minimum absolute atomic E-state index is 0.0233. The zero-order chi connectivity index (χ0) is 16.4. The number of aromatic nitrogens is 2. The molecule has 0 saturated heterocycles. The van der Waals surface area contributed by atoms with Gasteiger partial charge in [0.15, 0.2) is 0 Å². The highest BCUT2D eigenvalue weighted by molar-refractivity contribution is 6.31. The summed E-state index contributed by atoms with van der Waals surface area (Å²) in [7, 11) is 0. The number of hydrogen-bond acceptors (Lipinski definition) is 5. The molecule has 8 heteroatoms. The lowest BCUT2D eigenvalue weighted by molar-refractivity contribution is -0.384. The Balaban J connectivity index is 1.81. The van der Waals surface area contributed by atoms with Crippen LogP contribution in [-0.2, 0) is 6.61 Å². The van der Waals surface area contributed by atoms with Gasteiger partial charge in [-0.2, -0.15) is 0 Å². The number of nitro groups is 1. The summed E-state index contributed by atoms with van der Waals surface area (Å²) in [5.74, 6) is 0.771. The minimum atomic E-state index is -0.490. The molecule has 7 nitrogen and oxygen atoms in total. The first-order valence-electron chi connectivity index (χ1n) is 6.58. The lowest BCUT2D eigenvalue weighted by Crippen LogP contribution is -2.13. The van der Waals surface area contributed by atoms with E-state index in [-0.39, 0.29) is 17.9 Å². The van der Waals surface area contributed by atoms with Gasteiger partial charge in [0.1, 0.15) is 18.2 Å². The third-order valence-corrected chi connectivity index (χ3v) is 3.38. The SMILES string of the molecule is O=c1[nH]c(COc2ccc([N+](=O)[O-])cc2)nc2cc(Cl)ccc12. The standard InChI is InChI=1S/C15H10ClN3O4/c16-9-1-6-12-13(7-9)17-14(18-15(12)20)8-23-11-4-2-10(3-5-11)19(21)22/h1-7H,8H2,(H,17,18,20). The Labute approximate surface area is 134 Å². The van der Waals surface area contributed by atoms with Gasteiger partial charge in [0.25, 0.3) is 11.2 Å². The largest absolute Gasteiger partial charge is 0.486 e. The zero-order valence-electron chi connectivity index (χ0n) is 11.7. The Morgan fingerprint density at radius 3 is 2.65 bits per heavy atom. The average Bonchev–Trinajstić information content (AvgIpc) is 2.53. The molecule has 2 aromatic carbocycles. The molecule has 3 rings (SSSR count). The van der Waals surface area contributed by atoms with Crippen LogP contribution < -0.4 is 10.3 Å². The number of hydrogen-bond donors (Lipinski definition) is 1. The van der Waals surface area contributed by atoms with Crippen molar-refractivity contribution in [2.45, 2.75) is 6.61 Å². The van der Waals surface area contributed by atoms with E-state index in [0.717, 1.165) is 0 Å². The Morgan fingerprint density at radius 1 is 1.22 bits per heavy atom. The fraction of sp³-hybridized carbons (Fsp3) is 0.0667. The lowest BCUT2D eigenvalue weighted by atomic mass is 10.2. The van der Waals surface area contributed by atoms with Gasteiger partial charge in [-0.15, -0.1) is 0 Å². The average molecular weight is 332 g/mol. The highest BCUT2D eigenvalue weighted by Gasteiger charge is 2.07. The van der Waals surface area contributed by atoms with Crippen molar-refractivity contribution in [2.75, 3.05) is 0 Å². The van der Waals surface area contributed by atoms with E-state index in [4.69, 9.17) is 16.3 Å². The maximum Gasteiger partial charge on any atom is 0.269 e. The van der Waals surface area contributed by atoms with Crippen LogP contribution in [0.5, 0.6) is 5.75 Å². The van der Waals surface area contributed by atoms with Crippen LogP contribution >= 0.6 is 11.6 Å². The molecule has 0 radical (unpaired) electrons. The topological polar surface area (TPSA) is 98.1 Å². The number of fused-ring (bicyclic) bond motifs is 1. The Bertz CT molecular complexity index is 938. The first-order valence-corrected chi connectivity index (χ1v) is 6.96. The third-order valence-electron chi connectivity index (χ3n) is 3.14. The second-order valence-electron chi connectivity index (χ2n) is 4.71. The van der Waals surface area contributed by atoms with Crippen LogP contribution in [0.3, 0.4) is 0 Å². The summed E-state index contributed by atoms with van der Waals surface area (Å²) in [6, 6.07) is 10.5. The molecule has 0 aliphatic carbocycles. The fourth-order valence-corrected chi connectivity index (χ4v) is 2.21. The summed E-state index contributed by atoms with van der Waals surface area (Å²) in [6.07, 6.45) is 0. The van der Waals surface area contributed by atoms with Crippen molar-refractivity contribution in [1.29, 1.82) is 0 Å². The van der Waals surface area contributed by atoms with Crippen molar-refractivity contribution in [3.8, 4) is 5.75 Å². The molecule has 3 aromatic rings. The first kappa shape index (κ1) is 15.0. The van der Waals surface area contributed by atoms with Crippen molar-refractivity contribution in [1.82, 2.24) is 9.97 Å². The number of aromatic amines is 1. The Hall–Kier alpha value is -2.93. The van der Waals surface area contributed by atoms with Gasteiger partial charge in [-0.3, -0.25) is 14.9 Å². The van der Waals surface area contributed by atoms with Gasteiger partial charge in [-0.1, -0.05) is 11.6 Å². The fourth-order valence-electron chi connectivity index (χ4n) is 2.05. The van der Waals surface area contributed by atoms with Crippen molar-refractivity contribution < 1.29 is 9.66 Å². The number of ether oxygens (including phenoxy) is 1. The molecular formula is C15H10ClN3O4. The maximum absolute atomic E-state index is 12.0. The predicted molar refractivity (Wildman–Crippen MR) is 84.8 cm³/mol. The van der Waals surface area contributed by atoms with Gasteiger partial charge in [-0.25, -0.2) is 4.98 Å². The number of nitrogens with zero attached hydrogens (tertiary/aromatic N) is 2. The molecule has 0 atom stereocenters.